The molecular formula is C14H15FN4O2. The quantitative estimate of drug-likeness (QED) is 0.392. The fraction of sp³-hybridized carbons (Fsp3) is 0.214. The standard InChI is InChI=1S/C14H15FN4O2/c1-7-6-10(4-5-11(7)15)21-14-12(13(16)19-20)8(2)9(3)17-18-14/h4-6,20H,1-3H3,(H2,16,19). The Morgan fingerprint density at radius 2 is 2.00 bits per heavy atom. The first kappa shape index (κ1) is 14.7. The van der Waals surface area contributed by atoms with Crippen molar-refractivity contribution in [1.82, 2.24) is 10.2 Å². The van der Waals surface area contributed by atoms with Gasteiger partial charge in [-0.2, -0.15) is 5.10 Å². The number of ether oxygens (including phenoxy) is 1. The molecule has 3 N–H and O–H groups in total. The van der Waals surface area contributed by atoms with Crippen LogP contribution < -0.4 is 10.5 Å². The molecule has 0 bridgehead atoms. The second-order valence-electron chi connectivity index (χ2n) is 4.59. The largest absolute Gasteiger partial charge is 0.437 e. The van der Waals surface area contributed by atoms with Crippen molar-refractivity contribution in [2.45, 2.75) is 20.8 Å². The van der Waals surface area contributed by atoms with Gasteiger partial charge in [-0.25, -0.2) is 4.39 Å². The van der Waals surface area contributed by atoms with Crippen molar-refractivity contribution >= 4 is 5.84 Å². The summed E-state index contributed by atoms with van der Waals surface area (Å²) in [5.74, 6) is 0.0300. The number of hydrogen-bond acceptors (Lipinski definition) is 5. The topological polar surface area (TPSA) is 93.6 Å². The third-order valence-corrected chi connectivity index (χ3v) is 3.13. The molecule has 110 valence electrons. The SMILES string of the molecule is Cc1cc(Oc2nnc(C)c(C)c2/C(N)=N/O)ccc1F. The van der Waals surface area contributed by atoms with Gasteiger partial charge in [0.2, 0.25) is 5.88 Å². The second-order valence-corrected chi connectivity index (χ2v) is 4.59. The molecule has 2 aromatic rings. The molecule has 0 aliphatic carbocycles. The Balaban J connectivity index is 2.49. The van der Waals surface area contributed by atoms with E-state index in [-0.39, 0.29) is 17.5 Å². The van der Waals surface area contributed by atoms with Gasteiger partial charge >= 0.3 is 0 Å². The van der Waals surface area contributed by atoms with Crippen LogP contribution >= 0.6 is 0 Å². The summed E-state index contributed by atoms with van der Waals surface area (Å²) < 4.78 is 18.9. The molecular weight excluding hydrogens is 275 g/mol. The van der Waals surface area contributed by atoms with E-state index < -0.39 is 0 Å². The van der Waals surface area contributed by atoms with Gasteiger partial charge in [-0.15, -0.1) is 5.10 Å². The molecule has 0 radical (unpaired) electrons. The number of oxime groups is 1. The summed E-state index contributed by atoms with van der Waals surface area (Å²) in [6.45, 7) is 5.14. The van der Waals surface area contributed by atoms with Crippen LogP contribution in [-0.4, -0.2) is 21.2 Å². The number of benzene rings is 1. The van der Waals surface area contributed by atoms with E-state index in [1.807, 2.05) is 0 Å². The van der Waals surface area contributed by atoms with Gasteiger partial charge in [-0.05, 0) is 50.1 Å². The molecule has 0 aliphatic rings. The molecule has 2 rings (SSSR count). The van der Waals surface area contributed by atoms with Gasteiger partial charge in [-0.1, -0.05) is 5.16 Å². The van der Waals surface area contributed by atoms with E-state index >= 15 is 0 Å². The predicted molar refractivity (Wildman–Crippen MR) is 75.2 cm³/mol. The minimum absolute atomic E-state index is 0.0967. The van der Waals surface area contributed by atoms with Crippen LogP contribution in [0.5, 0.6) is 11.6 Å². The van der Waals surface area contributed by atoms with Crippen molar-refractivity contribution in [1.29, 1.82) is 0 Å². The zero-order valence-corrected chi connectivity index (χ0v) is 11.9. The molecule has 1 aromatic heterocycles. The van der Waals surface area contributed by atoms with Crippen LogP contribution in [0.1, 0.15) is 22.4 Å². The van der Waals surface area contributed by atoms with E-state index in [4.69, 9.17) is 15.7 Å². The molecule has 0 aliphatic heterocycles. The normalized spacial score (nSPS) is 11.5. The fourth-order valence-electron chi connectivity index (χ4n) is 1.80. The molecule has 0 saturated heterocycles. The van der Waals surface area contributed by atoms with Gasteiger partial charge < -0.3 is 15.7 Å². The number of aryl methyl sites for hydroxylation is 2. The van der Waals surface area contributed by atoms with Gasteiger partial charge in [0.15, 0.2) is 5.84 Å². The van der Waals surface area contributed by atoms with Crippen LogP contribution in [0.15, 0.2) is 23.4 Å². The maximum atomic E-state index is 13.3. The zero-order valence-electron chi connectivity index (χ0n) is 11.9. The molecule has 0 amide bonds. The molecule has 1 aromatic carbocycles. The van der Waals surface area contributed by atoms with Crippen LogP contribution in [0, 0.1) is 26.6 Å². The third-order valence-electron chi connectivity index (χ3n) is 3.13. The number of aromatic nitrogens is 2. The van der Waals surface area contributed by atoms with Crippen LogP contribution in [-0.2, 0) is 0 Å². The predicted octanol–water partition coefficient (Wildman–Crippen LogP) is 2.43. The van der Waals surface area contributed by atoms with E-state index in [1.54, 1.807) is 20.8 Å². The monoisotopic (exact) mass is 290 g/mol. The summed E-state index contributed by atoms with van der Waals surface area (Å²) in [6.07, 6.45) is 0. The van der Waals surface area contributed by atoms with E-state index in [0.717, 1.165) is 0 Å². The minimum atomic E-state index is -0.329. The highest BCUT2D eigenvalue weighted by molar-refractivity contribution is 6.00. The number of rotatable bonds is 3. The number of halogens is 1. The smallest absolute Gasteiger partial charge is 0.250 e. The molecule has 21 heavy (non-hydrogen) atoms. The van der Waals surface area contributed by atoms with Crippen molar-refractivity contribution in [2.75, 3.05) is 0 Å². The van der Waals surface area contributed by atoms with E-state index in [9.17, 15) is 4.39 Å². The maximum Gasteiger partial charge on any atom is 0.250 e. The maximum absolute atomic E-state index is 13.3. The summed E-state index contributed by atoms with van der Waals surface area (Å²) in [5, 5.41) is 19.7. The van der Waals surface area contributed by atoms with Crippen molar-refractivity contribution < 1.29 is 14.3 Å². The summed E-state index contributed by atoms with van der Waals surface area (Å²) in [7, 11) is 0. The van der Waals surface area contributed by atoms with Crippen molar-refractivity contribution in [3.63, 3.8) is 0 Å². The van der Waals surface area contributed by atoms with E-state index in [1.165, 1.54) is 18.2 Å². The highest BCUT2D eigenvalue weighted by Gasteiger charge is 2.17. The summed E-state index contributed by atoms with van der Waals surface area (Å²) >= 11 is 0. The molecule has 0 unspecified atom stereocenters. The lowest BCUT2D eigenvalue weighted by atomic mass is 10.1. The first-order chi connectivity index (χ1) is 9.93. The zero-order chi connectivity index (χ0) is 15.6. The van der Waals surface area contributed by atoms with Crippen molar-refractivity contribution in [3.8, 4) is 11.6 Å². The molecule has 0 atom stereocenters. The van der Waals surface area contributed by atoms with Crippen molar-refractivity contribution in [3.05, 3.63) is 46.4 Å². The highest BCUT2D eigenvalue weighted by Crippen LogP contribution is 2.27. The fourth-order valence-corrected chi connectivity index (χ4v) is 1.80. The second kappa shape index (κ2) is 5.74. The van der Waals surface area contributed by atoms with Gasteiger partial charge in [0.05, 0.1) is 11.3 Å². The lowest BCUT2D eigenvalue weighted by Crippen LogP contribution is -2.18. The van der Waals surface area contributed by atoms with Gasteiger partial charge in [0.1, 0.15) is 11.6 Å². The third kappa shape index (κ3) is 2.91. The summed E-state index contributed by atoms with van der Waals surface area (Å²) in [5.41, 5.74) is 7.79. The Hall–Kier alpha value is -2.70. The molecule has 0 fully saturated rings. The molecule has 1 heterocycles. The van der Waals surface area contributed by atoms with Gasteiger partial charge in [0.25, 0.3) is 0 Å². The van der Waals surface area contributed by atoms with Crippen molar-refractivity contribution in [2.24, 2.45) is 10.9 Å². The molecule has 6 nitrogen and oxygen atoms in total. The lowest BCUT2D eigenvalue weighted by Gasteiger charge is -2.12. The Kier molecular flexibility index (Phi) is 4.02. The summed E-state index contributed by atoms with van der Waals surface area (Å²) in [6, 6.07) is 4.29. The molecule has 0 saturated carbocycles. The Morgan fingerprint density at radius 3 is 2.62 bits per heavy atom. The summed E-state index contributed by atoms with van der Waals surface area (Å²) in [4.78, 5) is 0. The number of hydrogen-bond donors (Lipinski definition) is 2. The van der Waals surface area contributed by atoms with Crippen LogP contribution in [0.2, 0.25) is 0 Å². The first-order valence-corrected chi connectivity index (χ1v) is 6.19. The highest BCUT2D eigenvalue weighted by atomic mass is 19.1. The van der Waals surface area contributed by atoms with Gasteiger partial charge in [-0.3, -0.25) is 0 Å². The average molecular weight is 290 g/mol. The minimum Gasteiger partial charge on any atom is -0.437 e. The lowest BCUT2D eigenvalue weighted by molar-refractivity contribution is 0.318. The van der Waals surface area contributed by atoms with Gasteiger partial charge in [0, 0.05) is 0 Å². The van der Waals surface area contributed by atoms with E-state index in [0.29, 0.717) is 28.1 Å². The van der Waals surface area contributed by atoms with E-state index in [2.05, 4.69) is 15.4 Å². The van der Waals surface area contributed by atoms with Crippen LogP contribution in [0.4, 0.5) is 4.39 Å². The Bertz CT molecular complexity index is 716. The number of amidine groups is 1. The Morgan fingerprint density at radius 1 is 1.29 bits per heavy atom. The molecule has 7 heteroatoms. The average Bonchev–Trinajstić information content (AvgIpc) is 2.46. The van der Waals surface area contributed by atoms with Crippen LogP contribution in [0.3, 0.4) is 0 Å². The number of nitrogens with zero attached hydrogens (tertiary/aromatic N) is 3. The number of nitrogens with two attached hydrogens (primary N) is 1. The Labute approximate surface area is 121 Å². The van der Waals surface area contributed by atoms with Crippen LogP contribution in [0.25, 0.3) is 0 Å². The first-order valence-electron chi connectivity index (χ1n) is 6.19. The molecule has 0 spiro atoms.